The molecule has 1 amide bonds. The fourth-order valence-corrected chi connectivity index (χ4v) is 2.50. The molecule has 0 saturated carbocycles. The lowest BCUT2D eigenvalue weighted by Crippen LogP contribution is -2.26. The Morgan fingerprint density at radius 1 is 1.19 bits per heavy atom. The number of imidazole rings is 1. The van der Waals surface area contributed by atoms with Gasteiger partial charge in [-0.2, -0.15) is 5.10 Å². The molecule has 0 saturated heterocycles. The highest BCUT2D eigenvalue weighted by atomic mass is 16.5. The predicted molar refractivity (Wildman–Crippen MR) is 105 cm³/mol. The zero-order valence-electron chi connectivity index (χ0n) is 15.2. The van der Waals surface area contributed by atoms with Gasteiger partial charge in [-0.3, -0.25) is 4.79 Å². The molecule has 138 valence electrons. The minimum atomic E-state index is -0.240. The van der Waals surface area contributed by atoms with Gasteiger partial charge in [-0.25, -0.2) is 10.4 Å². The first kappa shape index (κ1) is 18.2. The molecule has 1 aromatic heterocycles. The molecule has 7 nitrogen and oxygen atoms in total. The maximum absolute atomic E-state index is 12.0. The maximum Gasteiger partial charge on any atom is 0.259 e. The molecule has 3 rings (SSSR count). The largest absolute Gasteiger partial charge is 0.495 e. The molecule has 0 fully saturated rings. The number of ether oxygens (including phenoxy) is 1. The quantitative estimate of drug-likeness (QED) is 0.500. The van der Waals surface area contributed by atoms with Crippen molar-refractivity contribution in [3.05, 3.63) is 72.8 Å². The Morgan fingerprint density at radius 2 is 1.96 bits per heavy atom. The lowest BCUT2D eigenvalue weighted by molar-refractivity contribution is -0.119. The van der Waals surface area contributed by atoms with Crippen LogP contribution >= 0.6 is 0 Å². The van der Waals surface area contributed by atoms with Gasteiger partial charge >= 0.3 is 0 Å². The fourth-order valence-electron chi connectivity index (χ4n) is 2.50. The number of amides is 1. The van der Waals surface area contributed by atoms with Crippen LogP contribution in [0.1, 0.15) is 12.5 Å². The first-order valence-electron chi connectivity index (χ1n) is 8.46. The third-order valence-electron chi connectivity index (χ3n) is 3.98. The minimum Gasteiger partial charge on any atom is -0.495 e. The van der Waals surface area contributed by atoms with Gasteiger partial charge in [-0.1, -0.05) is 24.3 Å². The number of hydrazone groups is 1. The van der Waals surface area contributed by atoms with Crippen molar-refractivity contribution in [2.75, 3.05) is 19.0 Å². The van der Waals surface area contributed by atoms with E-state index in [2.05, 4.69) is 20.8 Å². The second-order valence-corrected chi connectivity index (χ2v) is 5.80. The van der Waals surface area contributed by atoms with Crippen LogP contribution in [0, 0.1) is 0 Å². The van der Waals surface area contributed by atoms with Gasteiger partial charge in [0.05, 0.1) is 31.4 Å². The minimum absolute atomic E-state index is 0.0940. The molecule has 3 aromatic rings. The van der Waals surface area contributed by atoms with Crippen LogP contribution in [-0.2, 0) is 4.79 Å². The first-order chi connectivity index (χ1) is 13.2. The lowest BCUT2D eigenvalue weighted by Gasteiger charge is -2.10. The van der Waals surface area contributed by atoms with Gasteiger partial charge in [0, 0.05) is 18.1 Å². The summed E-state index contributed by atoms with van der Waals surface area (Å²) in [5.74, 6) is 0.443. The van der Waals surface area contributed by atoms with Crippen molar-refractivity contribution in [1.29, 1.82) is 0 Å². The van der Waals surface area contributed by atoms with Crippen molar-refractivity contribution in [3.8, 4) is 11.4 Å². The smallest absolute Gasteiger partial charge is 0.259 e. The van der Waals surface area contributed by atoms with Crippen molar-refractivity contribution >= 4 is 17.3 Å². The number of hydrogen-bond acceptors (Lipinski definition) is 5. The van der Waals surface area contributed by atoms with Gasteiger partial charge in [0.15, 0.2) is 0 Å². The van der Waals surface area contributed by atoms with E-state index in [-0.39, 0.29) is 12.5 Å². The number of benzene rings is 2. The molecule has 0 aliphatic rings. The number of anilines is 1. The van der Waals surface area contributed by atoms with Gasteiger partial charge in [-0.05, 0) is 36.8 Å². The summed E-state index contributed by atoms with van der Waals surface area (Å²) in [5, 5.41) is 7.20. The van der Waals surface area contributed by atoms with E-state index in [9.17, 15) is 4.79 Å². The highest BCUT2D eigenvalue weighted by molar-refractivity contribution is 5.99. The Kier molecular flexibility index (Phi) is 5.84. The number of hydrogen-bond donors (Lipinski definition) is 2. The predicted octanol–water partition coefficient (Wildman–Crippen LogP) is 2.83. The summed E-state index contributed by atoms with van der Waals surface area (Å²) in [6.45, 7) is 1.94. The van der Waals surface area contributed by atoms with Gasteiger partial charge in [0.2, 0.25) is 0 Å². The van der Waals surface area contributed by atoms with Gasteiger partial charge < -0.3 is 14.6 Å². The molecule has 0 bridgehead atoms. The van der Waals surface area contributed by atoms with E-state index >= 15 is 0 Å². The van der Waals surface area contributed by atoms with Crippen molar-refractivity contribution in [2.24, 2.45) is 5.10 Å². The molecule has 0 radical (unpaired) electrons. The van der Waals surface area contributed by atoms with Crippen LogP contribution in [0.4, 0.5) is 5.69 Å². The highest BCUT2D eigenvalue weighted by Gasteiger charge is 2.05. The molecular weight excluding hydrogens is 342 g/mol. The SMILES string of the molecule is COc1ccccc1NCC(=O)N/N=C(\C)c1ccc(-n2ccnc2)cc1. The summed E-state index contributed by atoms with van der Waals surface area (Å²) < 4.78 is 7.16. The van der Waals surface area contributed by atoms with Crippen molar-refractivity contribution < 1.29 is 9.53 Å². The highest BCUT2D eigenvalue weighted by Crippen LogP contribution is 2.22. The third-order valence-corrected chi connectivity index (χ3v) is 3.98. The lowest BCUT2D eigenvalue weighted by atomic mass is 10.1. The second-order valence-electron chi connectivity index (χ2n) is 5.80. The molecule has 0 aliphatic carbocycles. The molecule has 0 atom stereocenters. The van der Waals surface area contributed by atoms with Crippen LogP contribution in [0.25, 0.3) is 5.69 Å². The molecule has 0 unspecified atom stereocenters. The van der Waals surface area contributed by atoms with E-state index in [0.29, 0.717) is 5.75 Å². The van der Waals surface area contributed by atoms with Crippen molar-refractivity contribution in [2.45, 2.75) is 6.92 Å². The summed E-state index contributed by atoms with van der Waals surface area (Å²) in [5.41, 5.74) is 5.97. The number of nitrogens with zero attached hydrogens (tertiary/aromatic N) is 3. The molecule has 7 heteroatoms. The Labute approximate surface area is 157 Å². The topological polar surface area (TPSA) is 80.5 Å². The summed E-state index contributed by atoms with van der Waals surface area (Å²) in [4.78, 5) is 16.1. The average molecular weight is 363 g/mol. The van der Waals surface area contributed by atoms with Gasteiger partial charge in [0.25, 0.3) is 5.91 Å². The summed E-state index contributed by atoms with van der Waals surface area (Å²) in [6.07, 6.45) is 5.35. The number of methoxy groups -OCH3 is 1. The van der Waals surface area contributed by atoms with E-state index in [4.69, 9.17) is 4.74 Å². The third kappa shape index (κ3) is 4.72. The Hall–Kier alpha value is -3.61. The van der Waals surface area contributed by atoms with Gasteiger partial charge in [-0.15, -0.1) is 0 Å². The standard InChI is InChI=1S/C20H21N5O2/c1-15(16-7-9-17(10-8-16)25-12-11-21-14-25)23-24-20(26)13-22-18-5-3-4-6-19(18)27-2/h3-12,14,22H,13H2,1-2H3,(H,24,26)/b23-15+. The molecular formula is C20H21N5O2. The number of carbonyl (C=O) groups is 1. The Morgan fingerprint density at radius 3 is 2.67 bits per heavy atom. The van der Waals surface area contributed by atoms with Crippen LogP contribution in [-0.4, -0.2) is 34.8 Å². The van der Waals surface area contributed by atoms with Crippen molar-refractivity contribution in [3.63, 3.8) is 0 Å². The first-order valence-corrected chi connectivity index (χ1v) is 8.46. The average Bonchev–Trinajstić information content (AvgIpc) is 3.25. The fraction of sp³-hybridized carbons (Fsp3) is 0.150. The summed E-state index contributed by atoms with van der Waals surface area (Å²) in [6, 6.07) is 15.3. The van der Waals surface area contributed by atoms with Crippen molar-refractivity contribution in [1.82, 2.24) is 15.0 Å². The van der Waals surface area contributed by atoms with E-state index in [1.165, 1.54) is 0 Å². The molecule has 2 aromatic carbocycles. The van der Waals surface area contributed by atoms with Crippen LogP contribution < -0.4 is 15.5 Å². The molecule has 0 aliphatic heterocycles. The maximum atomic E-state index is 12.0. The van der Waals surface area contributed by atoms with Crippen LogP contribution in [0.15, 0.2) is 72.4 Å². The molecule has 2 N–H and O–H groups in total. The summed E-state index contributed by atoms with van der Waals surface area (Å²) in [7, 11) is 1.59. The van der Waals surface area contributed by atoms with E-state index in [1.54, 1.807) is 19.6 Å². The van der Waals surface area contributed by atoms with Gasteiger partial charge in [0.1, 0.15) is 5.75 Å². The second kappa shape index (κ2) is 8.66. The number of aromatic nitrogens is 2. The van der Waals surface area contributed by atoms with E-state index in [1.807, 2.05) is 66.2 Å². The van der Waals surface area contributed by atoms with E-state index in [0.717, 1.165) is 22.6 Å². The zero-order chi connectivity index (χ0) is 19.1. The summed E-state index contributed by atoms with van der Waals surface area (Å²) >= 11 is 0. The molecule has 0 spiro atoms. The number of carbonyl (C=O) groups excluding carboxylic acids is 1. The van der Waals surface area contributed by atoms with E-state index < -0.39 is 0 Å². The Bertz CT molecular complexity index is 918. The number of nitrogens with one attached hydrogen (secondary N) is 2. The molecule has 27 heavy (non-hydrogen) atoms. The zero-order valence-corrected chi connectivity index (χ0v) is 15.2. The molecule has 1 heterocycles. The Balaban J connectivity index is 1.56. The van der Waals surface area contributed by atoms with Crippen LogP contribution in [0.3, 0.4) is 0 Å². The van der Waals surface area contributed by atoms with Crippen LogP contribution in [0.5, 0.6) is 5.75 Å². The monoisotopic (exact) mass is 363 g/mol. The number of rotatable bonds is 7. The van der Waals surface area contributed by atoms with Crippen LogP contribution in [0.2, 0.25) is 0 Å². The number of para-hydroxylation sites is 2. The normalized spacial score (nSPS) is 11.1.